The monoisotopic (exact) mass is 544 g/mol. The molecule has 1 fully saturated rings. The molecular formula is C26H48N4O8. The fraction of sp³-hybridized carbons (Fsp3) is 0.846. The molecule has 0 aromatic carbocycles. The van der Waals surface area contributed by atoms with E-state index in [9.17, 15) is 19.2 Å². The first-order valence-corrected chi connectivity index (χ1v) is 13.1. The van der Waals surface area contributed by atoms with Crippen LogP contribution >= 0.6 is 0 Å². The number of rotatable bonds is 8. The minimum absolute atomic E-state index is 0.0452. The van der Waals surface area contributed by atoms with Crippen molar-refractivity contribution in [3.63, 3.8) is 0 Å². The third-order valence-corrected chi connectivity index (χ3v) is 5.66. The Bertz CT molecular complexity index is 778. The molecule has 0 aliphatic carbocycles. The van der Waals surface area contributed by atoms with E-state index in [1.807, 2.05) is 56.2 Å². The van der Waals surface area contributed by atoms with Crippen molar-refractivity contribution in [3.05, 3.63) is 0 Å². The zero-order valence-corrected chi connectivity index (χ0v) is 24.5. The van der Waals surface area contributed by atoms with Gasteiger partial charge in [0.15, 0.2) is 0 Å². The fourth-order valence-corrected chi connectivity index (χ4v) is 3.95. The van der Waals surface area contributed by atoms with E-state index < -0.39 is 29.2 Å². The molecular weight excluding hydrogens is 496 g/mol. The van der Waals surface area contributed by atoms with Crippen LogP contribution in [0.4, 0.5) is 0 Å². The smallest absolute Gasteiger partial charge is 0.323 e. The average molecular weight is 545 g/mol. The molecule has 12 nitrogen and oxygen atoms in total. The van der Waals surface area contributed by atoms with Crippen molar-refractivity contribution in [2.75, 3.05) is 79.7 Å². The number of carbonyl (C=O) groups excluding carboxylic acids is 4. The Morgan fingerprint density at radius 2 is 1.16 bits per heavy atom. The van der Waals surface area contributed by atoms with Gasteiger partial charge in [-0.2, -0.15) is 0 Å². The Morgan fingerprint density at radius 1 is 0.684 bits per heavy atom. The first kappa shape index (κ1) is 33.7. The Hall–Kier alpha value is -2.28. The predicted octanol–water partition coefficient (Wildman–Crippen LogP) is 0.284. The van der Waals surface area contributed by atoms with Gasteiger partial charge in [-0.3, -0.25) is 33.9 Å². The molecule has 0 spiro atoms. The van der Waals surface area contributed by atoms with E-state index in [0.717, 1.165) is 0 Å². The Balaban J connectivity index is 3.07. The van der Waals surface area contributed by atoms with Gasteiger partial charge in [-0.15, -0.1) is 0 Å². The maximum Gasteiger partial charge on any atom is 0.323 e. The molecule has 1 aliphatic heterocycles. The van der Waals surface area contributed by atoms with Crippen molar-refractivity contribution >= 4 is 23.9 Å². The van der Waals surface area contributed by atoms with Gasteiger partial charge in [-0.25, -0.2) is 0 Å². The molecule has 1 N–H and O–H groups in total. The van der Waals surface area contributed by atoms with Crippen LogP contribution in [0.3, 0.4) is 0 Å². The van der Waals surface area contributed by atoms with Crippen LogP contribution < -0.4 is 5.32 Å². The number of ether oxygens (including phenoxy) is 4. The Labute approximate surface area is 227 Å². The van der Waals surface area contributed by atoms with Gasteiger partial charge in [0.05, 0.1) is 33.7 Å². The minimum Gasteiger partial charge on any atom is -0.469 e. The lowest BCUT2D eigenvalue weighted by atomic mass is 10.1. The minimum atomic E-state index is -0.816. The zero-order chi connectivity index (χ0) is 28.9. The number of nitrogens with zero attached hydrogens (tertiary/aromatic N) is 3. The molecule has 0 saturated carbocycles. The summed E-state index contributed by atoms with van der Waals surface area (Å²) < 4.78 is 20.8. The number of hydrogen-bond donors (Lipinski definition) is 1. The highest BCUT2D eigenvalue weighted by atomic mass is 16.6. The van der Waals surface area contributed by atoms with Crippen molar-refractivity contribution in [1.29, 1.82) is 0 Å². The SMILES string of the molecule is COC(=O)CC(C(=O)OC)N1CCNCCN(CC(=O)OC(C)(C)C)CCN(CC(=O)OC(C)(C)C)CC1. The van der Waals surface area contributed by atoms with E-state index >= 15 is 0 Å². The van der Waals surface area contributed by atoms with E-state index in [1.165, 1.54) is 14.2 Å². The second kappa shape index (κ2) is 16.0. The lowest BCUT2D eigenvalue weighted by Crippen LogP contribution is -2.51. The molecule has 0 radical (unpaired) electrons. The summed E-state index contributed by atoms with van der Waals surface area (Å²) in [4.78, 5) is 55.5. The van der Waals surface area contributed by atoms with Crippen LogP contribution in [0.1, 0.15) is 48.0 Å². The van der Waals surface area contributed by atoms with Gasteiger partial charge in [-0.05, 0) is 41.5 Å². The molecule has 12 heteroatoms. The summed E-state index contributed by atoms with van der Waals surface area (Å²) in [6.45, 7) is 15.1. The topological polar surface area (TPSA) is 127 Å². The lowest BCUT2D eigenvalue weighted by molar-refractivity contribution is -0.158. The van der Waals surface area contributed by atoms with Crippen LogP contribution in [-0.2, 0) is 38.1 Å². The van der Waals surface area contributed by atoms with E-state index in [1.54, 1.807) is 0 Å². The summed E-state index contributed by atoms with van der Waals surface area (Å²) in [5, 5.41) is 3.34. The van der Waals surface area contributed by atoms with Crippen LogP contribution in [0.2, 0.25) is 0 Å². The molecule has 0 aromatic rings. The third kappa shape index (κ3) is 14.6. The molecule has 1 atom stereocenters. The van der Waals surface area contributed by atoms with Crippen LogP contribution in [-0.4, -0.2) is 135 Å². The molecule has 1 saturated heterocycles. The van der Waals surface area contributed by atoms with Gasteiger partial charge < -0.3 is 24.3 Å². The highest BCUT2D eigenvalue weighted by Crippen LogP contribution is 2.12. The molecule has 0 aromatic heterocycles. The first-order valence-electron chi connectivity index (χ1n) is 13.1. The molecule has 0 bridgehead atoms. The quantitative estimate of drug-likeness (QED) is 0.333. The number of esters is 4. The molecule has 1 rings (SSSR count). The Morgan fingerprint density at radius 3 is 1.63 bits per heavy atom. The van der Waals surface area contributed by atoms with Crippen molar-refractivity contribution in [3.8, 4) is 0 Å². The van der Waals surface area contributed by atoms with Crippen molar-refractivity contribution in [1.82, 2.24) is 20.0 Å². The van der Waals surface area contributed by atoms with E-state index in [-0.39, 0.29) is 31.4 Å². The first-order chi connectivity index (χ1) is 17.6. The van der Waals surface area contributed by atoms with Gasteiger partial charge >= 0.3 is 23.9 Å². The number of nitrogens with one attached hydrogen (secondary N) is 1. The van der Waals surface area contributed by atoms with E-state index in [0.29, 0.717) is 52.4 Å². The van der Waals surface area contributed by atoms with Gasteiger partial charge in [0, 0.05) is 52.4 Å². The zero-order valence-electron chi connectivity index (χ0n) is 24.5. The molecule has 1 aliphatic rings. The summed E-state index contributed by atoms with van der Waals surface area (Å²) in [5.74, 6) is -1.71. The van der Waals surface area contributed by atoms with Crippen molar-refractivity contribution < 1.29 is 38.1 Å². The number of carbonyl (C=O) groups is 4. The standard InChI is InChI=1S/C26H48N4O8/c1-25(2,3)37-22(32)18-28-11-9-27-10-12-30(20(24(34)36-8)17-21(31)35-7)16-15-29(14-13-28)19-23(33)38-26(4,5)6/h20,27H,9-19H2,1-8H3. The third-order valence-electron chi connectivity index (χ3n) is 5.66. The van der Waals surface area contributed by atoms with Gasteiger partial charge in [0.25, 0.3) is 0 Å². The van der Waals surface area contributed by atoms with Gasteiger partial charge in [0.1, 0.15) is 17.2 Å². The Kier molecular flexibility index (Phi) is 14.2. The van der Waals surface area contributed by atoms with E-state index in [2.05, 4.69) is 5.32 Å². The van der Waals surface area contributed by atoms with Crippen molar-refractivity contribution in [2.24, 2.45) is 0 Å². The van der Waals surface area contributed by atoms with Crippen LogP contribution in [0.5, 0.6) is 0 Å². The summed E-state index contributed by atoms with van der Waals surface area (Å²) in [6, 6.07) is -0.816. The average Bonchev–Trinajstić information content (AvgIpc) is 2.78. The summed E-state index contributed by atoms with van der Waals surface area (Å²) in [6.07, 6.45) is -0.140. The molecule has 1 heterocycles. The van der Waals surface area contributed by atoms with Crippen LogP contribution in [0.15, 0.2) is 0 Å². The summed E-state index contributed by atoms with van der Waals surface area (Å²) in [7, 11) is 2.57. The van der Waals surface area contributed by atoms with Gasteiger partial charge in [0.2, 0.25) is 0 Å². The van der Waals surface area contributed by atoms with Crippen LogP contribution in [0.25, 0.3) is 0 Å². The van der Waals surface area contributed by atoms with E-state index in [4.69, 9.17) is 18.9 Å². The second-order valence-electron chi connectivity index (χ2n) is 11.3. The van der Waals surface area contributed by atoms with Crippen molar-refractivity contribution in [2.45, 2.75) is 65.2 Å². The lowest BCUT2D eigenvalue weighted by Gasteiger charge is -2.34. The summed E-state index contributed by atoms with van der Waals surface area (Å²) >= 11 is 0. The maximum absolute atomic E-state index is 12.7. The summed E-state index contributed by atoms with van der Waals surface area (Å²) in [5.41, 5.74) is -1.20. The molecule has 0 amide bonds. The molecule has 1 unspecified atom stereocenters. The highest BCUT2D eigenvalue weighted by Gasteiger charge is 2.31. The van der Waals surface area contributed by atoms with Crippen LogP contribution in [0, 0.1) is 0 Å². The molecule has 38 heavy (non-hydrogen) atoms. The number of methoxy groups -OCH3 is 2. The molecule has 220 valence electrons. The normalized spacial score (nSPS) is 18.4. The second-order valence-corrected chi connectivity index (χ2v) is 11.3. The number of hydrogen-bond acceptors (Lipinski definition) is 12. The predicted molar refractivity (Wildman–Crippen MR) is 141 cm³/mol. The fourth-order valence-electron chi connectivity index (χ4n) is 3.95. The largest absolute Gasteiger partial charge is 0.469 e. The highest BCUT2D eigenvalue weighted by molar-refractivity contribution is 5.82. The maximum atomic E-state index is 12.7. The van der Waals surface area contributed by atoms with Gasteiger partial charge in [-0.1, -0.05) is 0 Å².